The number of anilines is 1. The van der Waals surface area contributed by atoms with Crippen LogP contribution in [0.1, 0.15) is 19.4 Å². The second kappa shape index (κ2) is 12.2. The molecule has 4 rings (SSSR count). The number of rotatable bonds is 10. The van der Waals surface area contributed by atoms with Crippen molar-refractivity contribution in [2.24, 2.45) is 5.92 Å². The number of sulfonamides is 1. The Morgan fingerprint density at radius 2 is 1.63 bits per heavy atom. The van der Waals surface area contributed by atoms with Crippen LogP contribution in [0.4, 0.5) is 5.82 Å². The first-order chi connectivity index (χ1) is 18.2. The lowest BCUT2D eigenvalue weighted by atomic mass is 10.1. The molecule has 0 fully saturated rings. The minimum Gasteiger partial charge on any atom is -0.309 e. The van der Waals surface area contributed by atoms with Gasteiger partial charge in [0.1, 0.15) is 5.82 Å². The SMILES string of the molecule is CC(C)CN(CC(=O)Nc1cc(-c2ccccc2)nn1-c1ccccc1Cl)S(=O)(=O)/C=C/c1ccccc1. The van der Waals surface area contributed by atoms with Gasteiger partial charge >= 0.3 is 0 Å². The molecule has 1 heterocycles. The van der Waals surface area contributed by atoms with Gasteiger partial charge < -0.3 is 5.32 Å². The summed E-state index contributed by atoms with van der Waals surface area (Å²) in [6, 6.07) is 27.6. The molecule has 196 valence electrons. The van der Waals surface area contributed by atoms with Gasteiger partial charge in [0.2, 0.25) is 15.9 Å². The zero-order chi connectivity index (χ0) is 27.1. The van der Waals surface area contributed by atoms with Crippen LogP contribution in [0.5, 0.6) is 0 Å². The van der Waals surface area contributed by atoms with E-state index in [0.717, 1.165) is 16.5 Å². The first-order valence-electron chi connectivity index (χ1n) is 12.2. The monoisotopic (exact) mass is 548 g/mol. The standard InChI is InChI=1S/C29H29ClN4O3S/c1-22(2)20-33(38(36,37)18-17-23-11-5-3-6-12-23)21-29(35)31-28-19-26(24-13-7-4-8-14-24)32-34(28)27-16-10-9-15-25(27)30/h3-19,22H,20-21H2,1-2H3,(H,31,35)/b18-17+. The van der Waals surface area contributed by atoms with Gasteiger partial charge in [-0.15, -0.1) is 0 Å². The Kier molecular flexibility index (Phi) is 8.78. The van der Waals surface area contributed by atoms with Crippen molar-refractivity contribution in [1.82, 2.24) is 14.1 Å². The Balaban J connectivity index is 1.61. The molecule has 0 aliphatic heterocycles. The van der Waals surface area contributed by atoms with E-state index in [9.17, 15) is 13.2 Å². The Hall–Kier alpha value is -3.72. The van der Waals surface area contributed by atoms with Gasteiger partial charge in [0.15, 0.2) is 0 Å². The molecule has 0 atom stereocenters. The van der Waals surface area contributed by atoms with E-state index in [2.05, 4.69) is 10.4 Å². The molecule has 0 saturated heterocycles. The minimum absolute atomic E-state index is 0.0148. The first kappa shape index (κ1) is 27.3. The van der Waals surface area contributed by atoms with E-state index in [0.29, 0.717) is 22.2 Å². The van der Waals surface area contributed by atoms with Crippen LogP contribution in [0.15, 0.2) is 96.4 Å². The maximum atomic E-state index is 13.2. The van der Waals surface area contributed by atoms with Gasteiger partial charge in [0, 0.05) is 23.6 Å². The third-order valence-electron chi connectivity index (χ3n) is 5.61. The lowest BCUT2D eigenvalue weighted by molar-refractivity contribution is -0.116. The van der Waals surface area contributed by atoms with Gasteiger partial charge in [-0.3, -0.25) is 4.79 Å². The van der Waals surface area contributed by atoms with Gasteiger partial charge in [-0.05, 0) is 29.7 Å². The number of nitrogens with zero attached hydrogens (tertiary/aromatic N) is 3. The molecule has 0 bridgehead atoms. The number of carbonyl (C=O) groups excluding carboxylic acids is 1. The molecular weight excluding hydrogens is 520 g/mol. The second-order valence-electron chi connectivity index (χ2n) is 9.14. The molecular formula is C29H29ClN4O3S. The maximum Gasteiger partial charge on any atom is 0.240 e. The van der Waals surface area contributed by atoms with Crippen LogP contribution in [-0.2, 0) is 14.8 Å². The van der Waals surface area contributed by atoms with Crippen LogP contribution >= 0.6 is 11.6 Å². The molecule has 38 heavy (non-hydrogen) atoms. The van der Waals surface area contributed by atoms with Crippen molar-refractivity contribution < 1.29 is 13.2 Å². The van der Waals surface area contributed by atoms with Crippen LogP contribution in [0.2, 0.25) is 5.02 Å². The smallest absolute Gasteiger partial charge is 0.240 e. The highest BCUT2D eigenvalue weighted by Gasteiger charge is 2.24. The van der Waals surface area contributed by atoms with Crippen molar-refractivity contribution in [3.63, 3.8) is 0 Å². The quantitative estimate of drug-likeness (QED) is 0.260. The van der Waals surface area contributed by atoms with E-state index in [-0.39, 0.29) is 19.0 Å². The summed E-state index contributed by atoms with van der Waals surface area (Å²) in [6.07, 6.45) is 1.53. The highest BCUT2D eigenvalue weighted by atomic mass is 35.5. The molecule has 0 spiro atoms. The fraction of sp³-hybridized carbons (Fsp3) is 0.172. The molecule has 1 aromatic heterocycles. The van der Waals surface area contributed by atoms with E-state index in [1.165, 1.54) is 10.4 Å². The zero-order valence-corrected chi connectivity index (χ0v) is 22.7. The van der Waals surface area contributed by atoms with Gasteiger partial charge in [0.05, 0.1) is 22.9 Å². The summed E-state index contributed by atoms with van der Waals surface area (Å²) in [4.78, 5) is 13.2. The number of nitrogens with one attached hydrogen (secondary N) is 1. The molecule has 0 aliphatic carbocycles. The van der Waals surface area contributed by atoms with Gasteiger partial charge in [0.25, 0.3) is 0 Å². The van der Waals surface area contributed by atoms with Crippen molar-refractivity contribution in [3.05, 3.63) is 107 Å². The Morgan fingerprint density at radius 1 is 1.00 bits per heavy atom. The van der Waals surface area contributed by atoms with Crippen molar-refractivity contribution in [2.75, 3.05) is 18.4 Å². The molecule has 0 radical (unpaired) electrons. The van der Waals surface area contributed by atoms with Crippen LogP contribution in [0.25, 0.3) is 23.0 Å². The van der Waals surface area contributed by atoms with E-state index >= 15 is 0 Å². The van der Waals surface area contributed by atoms with Crippen molar-refractivity contribution >= 4 is 39.4 Å². The van der Waals surface area contributed by atoms with Crippen LogP contribution < -0.4 is 5.32 Å². The lowest BCUT2D eigenvalue weighted by Gasteiger charge is -2.22. The van der Waals surface area contributed by atoms with Gasteiger partial charge in [-0.2, -0.15) is 9.40 Å². The number of halogens is 1. The topological polar surface area (TPSA) is 84.3 Å². The number of hydrogen-bond donors (Lipinski definition) is 1. The number of amides is 1. The van der Waals surface area contributed by atoms with Gasteiger partial charge in [-0.25, -0.2) is 13.1 Å². The molecule has 1 N–H and O–H groups in total. The van der Waals surface area contributed by atoms with Crippen molar-refractivity contribution in [3.8, 4) is 16.9 Å². The molecule has 9 heteroatoms. The lowest BCUT2D eigenvalue weighted by Crippen LogP contribution is -2.39. The molecule has 3 aromatic carbocycles. The van der Waals surface area contributed by atoms with Crippen LogP contribution in [0, 0.1) is 5.92 Å². The molecule has 4 aromatic rings. The summed E-state index contributed by atoms with van der Waals surface area (Å²) in [7, 11) is -3.86. The van der Waals surface area contributed by atoms with E-state index < -0.39 is 15.9 Å². The molecule has 0 saturated carbocycles. The zero-order valence-electron chi connectivity index (χ0n) is 21.2. The molecule has 0 unspecified atom stereocenters. The predicted octanol–water partition coefficient (Wildman–Crippen LogP) is 6.09. The summed E-state index contributed by atoms with van der Waals surface area (Å²) in [6.45, 7) is 3.64. The first-order valence-corrected chi connectivity index (χ1v) is 14.0. The number of carbonyl (C=O) groups is 1. The average Bonchev–Trinajstić information content (AvgIpc) is 3.31. The Morgan fingerprint density at radius 3 is 2.29 bits per heavy atom. The summed E-state index contributed by atoms with van der Waals surface area (Å²) in [5.41, 5.74) is 2.84. The summed E-state index contributed by atoms with van der Waals surface area (Å²) in [5.74, 6) is -0.0973. The Bertz CT molecular complexity index is 1520. The third-order valence-corrected chi connectivity index (χ3v) is 7.41. The maximum absolute atomic E-state index is 13.2. The van der Waals surface area contributed by atoms with Crippen LogP contribution in [0.3, 0.4) is 0 Å². The molecule has 1 amide bonds. The van der Waals surface area contributed by atoms with Crippen LogP contribution in [-0.4, -0.2) is 41.5 Å². The highest BCUT2D eigenvalue weighted by Crippen LogP contribution is 2.28. The van der Waals surface area contributed by atoms with Crippen molar-refractivity contribution in [1.29, 1.82) is 0 Å². The van der Waals surface area contributed by atoms with Crippen molar-refractivity contribution in [2.45, 2.75) is 13.8 Å². The third kappa shape index (κ3) is 6.98. The average molecular weight is 549 g/mol. The number of benzene rings is 3. The second-order valence-corrected chi connectivity index (χ2v) is 11.4. The normalized spacial score (nSPS) is 11.9. The summed E-state index contributed by atoms with van der Waals surface area (Å²) < 4.78 is 29.1. The number of hydrogen-bond acceptors (Lipinski definition) is 4. The predicted molar refractivity (Wildman–Crippen MR) is 153 cm³/mol. The fourth-order valence-electron chi connectivity index (χ4n) is 3.85. The summed E-state index contributed by atoms with van der Waals surface area (Å²) in [5, 5.41) is 9.12. The van der Waals surface area contributed by atoms with E-state index in [1.807, 2.05) is 86.6 Å². The fourth-order valence-corrected chi connectivity index (χ4v) is 5.37. The summed E-state index contributed by atoms with van der Waals surface area (Å²) >= 11 is 6.44. The van der Waals surface area contributed by atoms with E-state index in [1.54, 1.807) is 22.9 Å². The number of para-hydroxylation sites is 1. The van der Waals surface area contributed by atoms with Gasteiger partial charge in [-0.1, -0.05) is 98.2 Å². The Labute approximate surface area is 228 Å². The highest BCUT2D eigenvalue weighted by molar-refractivity contribution is 7.92. The largest absolute Gasteiger partial charge is 0.309 e. The van der Waals surface area contributed by atoms with E-state index in [4.69, 9.17) is 11.6 Å². The number of aromatic nitrogens is 2. The molecule has 7 nitrogen and oxygen atoms in total. The minimum atomic E-state index is -3.86. The molecule has 0 aliphatic rings.